The predicted octanol–water partition coefficient (Wildman–Crippen LogP) is 10.2. The molecule has 1 fully saturated rings. The molecule has 5 rings (SSSR count). The van der Waals surface area contributed by atoms with E-state index in [2.05, 4.69) is 108 Å². The van der Waals surface area contributed by atoms with Gasteiger partial charge in [-0.3, -0.25) is 6.08 Å². The summed E-state index contributed by atoms with van der Waals surface area (Å²) in [6, 6.07) is 15.2. The summed E-state index contributed by atoms with van der Waals surface area (Å²) >= 11 is 1.30. The van der Waals surface area contributed by atoms with Crippen LogP contribution in [-0.4, -0.2) is 4.21 Å². The molecule has 0 aliphatic heterocycles. The number of halogens is 2. The zero-order valence-corrected chi connectivity index (χ0v) is 28.1. The predicted molar refractivity (Wildman–Crippen MR) is 166 cm³/mol. The second-order valence-electron chi connectivity index (χ2n) is 11.7. The van der Waals surface area contributed by atoms with E-state index in [1.165, 1.54) is 83.3 Å². The molecule has 2 aromatic carbocycles. The van der Waals surface area contributed by atoms with Crippen molar-refractivity contribution in [2.24, 2.45) is 5.92 Å². The maximum atomic E-state index is 3.67. The average molecular weight is 618 g/mol. The van der Waals surface area contributed by atoms with E-state index in [9.17, 15) is 0 Å². The van der Waals surface area contributed by atoms with E-state index in [1.807, 2.05) is 12.2 Å². The molecule has 0 spiro atoms. The van der Waals surface area contributed by atoms with Crippen LogP contribution in [0.2, 0.25) is 0 Å². The Morgan fingerprint density at radius 3 is 1.95 bits per heavy atom. The minimum atomic E-state index is 0. The molecule has 3 heteroatoms. The number of rotatable bonds is 1. The van der Waals surface area contributed by atoms with E-state index in [1.54, 1.807) is 0 Å². The third kappa shape index (κ3) is 11.1. The summed E-state index contributed by atoms with van der Waals surface area (Å²) in [6.07, 6.45) is 19.2. The molecule has 0 saturated heterocycles. The molecule has 0 bridgehead atoms. The summed E-state index contributed by atoms with van der Waals surface area (Å²) in [6.45, 7) is 15.8. The SMILES string of the molecule is CC(C)(C)c1[c-]c2c(cc1)-c1ccc(C(C)(C)C)cc1C2.C[CH-]C1CCCC1.Cl.Cl.[C-]1=CC=CC1.[CH2]=[Zr]. The molecule has 0 N–H and O–H groups in total. The van der Waals surface area contributed by atoms with Crippen molar-refractivity contribution in [2.75, 3.05) is 0 Å². The summed E-state index contributed by atoms with van der Waals surface area (Å²) in [5.41, 5.74) is 8.70. The Hall–Kier alpha value is -0.747. The molecule has 0 aromatic heterocycles. The Morgan fingerprint density at radius 2 is 1.51 bits per heavy atom. The van der Waals surface area contributed by atoms with Crippen LogP contribution < -0.4 is 0 Å². The summed E-state index contributed by atoms with van der Waals surface area (Å²) in [5, 5.41) is 0. The Morgan fingerprint density at radius 1 is 0.892 bits per heavy atom. The fourth-order valence-corrected chi connectivity index (χ4v) is 4.66. The molecule has 0 atom stereocenters. The Labute approximate surface area is 256 Å². The van der Waals surface area contributed by atoms with Gasteiger partial charge in [0.25, 0.3) is 0 Å². The second kappa shape index (κ2) is 17.1. The second-order valence-corrected chi connectivity index (χ2v) is 11.7. The number of benzene rings is 2. The summed E-state index contributed by atoms with van der Waals surface area (Å²) in [4.78, 5) is 0. The normalized spacial score (nSPS) is 14.9. The third-order valence-corrected chi connectivity index (χ3v) is 6.92. The molecular weight excluding hydrogens is 571 g/mol. The molecule has 0 nitrogen and oxygen atoms in total. The summed E-state index contributed by atoms with van der Waals surface area (Å²) < 4.78 is 3.34. The molecule has 1 saturated carbocycles. The fourth-order valence-electron chi connectivity index (χ4n) is 4.66. The van der Waals surface area contributed by atoms with E-state index in [0.717, 1.165) is 18.8 Å². The van der Waals surface area contributed by atoms with E-state index in [-0.39, 0.29) is 35.6 Å². The van der Waals surface area contributed by atoms with Gasteiger partial charge in [0.05, 0.1) is 0 Å². The van der Waals surface area contributed by atoms with Crippen LogP contribution in [-0.2, 0) is 41.5 Å². The van der Waals surface area contributed by atoms with Gasteiger partial charge in [0.1, 0.15) is 0 Å². The Bertz CT molecular complexity index is 928. The minimum absolute atomic E-state index is 0. The van der Waals surface area contributed by atoms with Gasteiger partial charge < -0.3 is 6.42 Å². The molecule has 2 aromatic rings. The van der Waals surface area contributed by atoms with Crippen LogP contribution in [0.3, 0.4) is 0 Å². The van der Waals surface area contributed by atoms with Crippen molar-refractivity contribution in [2.45, 2.75) is 97.8 Å². The Kier molecular flexibility index (Phi) is 16.7. The van der Waals surface area contributed by atoms with Crippen molar-refractivity contribution < 1.29 is 24.2 Å². The fraction of sp³-hybridized carbons (Fsp3) is 0.471. The van der Waals surface area contributed by atoms with Gasteiger partial charge in [0, 0.05) is 0 Å². The maximum absolute atomic E-state index is 3.67. The van der Waals surface area contributed by atoms with Crippen LogP contribution in [0.15, 0.2) is 48.6 Å². The summed E-state index contributed by atoms with van der Waals surface area (Å²) in [5.74, 6) is 0.972. The molecule has 37 heavy (non-hydrogen) atoms. The zero-order chi connectivity index (χ0) is 26.1. The first kappa shape index (κ1) is 36.3. The number of hydrogen-bond donors (Lipinski definition) is 0. The van der Waals surface area contributed by atoms with Gasteiger partial charge in [0.2, 0.25) is 0 Å². The molecule has 0 radical (unpaired) electrons. The van der Waals surface area contributed by atoms with Crippen LogP contribution in [0.5, 0.6) is 0 Å². The van der Waals surface area contributed by atoms with Gasteiger partial charge >= 0.3 is 28.4 Å². The molecule has 3 aliphatic rings. The van der Waals surface area contributed by atoms with Crippen molar-refractivity contribution in [3.05, 3.63) is 89.4 Å². The number of allylic oxidation sites excluding steroid dienone is 4. The van der Waals surface area contributed by atoms with Crippen LogP contribution >= 0.6 is 24.8 Å². The van der Waals surface area contributed by atoms with Crippen molar-refractivity contribution in [1.82, 2.24) is 0 Å². The first-order chi connectivity index (χ1) is 16.6. The van der Waals surface area contributed by atoms with Crippen molar-refractivity contribution in [1.29, 1.82) is 0 Å². The molecule has 0 unspecified atom stereocenters. The topological polar surface area (TPSA) is 0 Å². The third-order valence-electron chi connectivity index (χ3n) is 6.92. The molecule has 204 valence electrons. The molecular formula is C34H47Cl2Zr-3. The monoisotopic (exact) mass is 615 g/mol. The number of hydrogen-bond acceptors (Lipinski definition) is 0. The van der Waals surface area contributed by atoms with Gasteiger partial charge in [-0.25, -0.2) is 12.2 Å². The van der Waals surface area contributed by atoms with E-state index in [4.69, 9.17) is 0 Å². The van der Waals surface area contributed by atoms with Gasteiger partial charge in [0.15, 0.2) is 0 Å². The van der Waals surface area contributed by atoms with Crippen molar-refractivity contribution in [3.63, 3.8) is 0 Å². The average Bonchev–Trinajstić information content (AvgIpc) is 3.61. The van der Waals surface area contributed by atoms with Gasteiger partial charge in [-0.1, -0.05) is 91.0 Å². The van der Waals surface area contributed by atoms with Gasteiger partial charge in [-0.2, -0.15) is 42.7 Å². The van der Waals surface area contributed by atoms with Crippen LogP contribution in [0, 0.1) is 24.5 Å². The first-order valence-electron chi connectivity index (χ1n) is 13.2. The van der Waals surface area contributed by atoms with Crippen LogP contribution in [0.1, 0.15) is 103 Å². The molecule has 3 aliphatic carbocycles. The summed E-state index contributed by atoms with van der Waals surface area (Å²) in [7, 11) is 0. The van der Waals surface area contributed by atoms with E-state index < -0.39 is 0 Å². The quantitative estimate of drug-likeness (QED) is 0.238. The first-order valence-corrected chi connectivity index (χ1v) is 14.9. The standard InChI is InChI=1S/C21H25.C7H13.C5H5.CH2.2ClH.Zr/c1-20(2,3)16-7-9-18-14(12-16)11-15-13-17(21(4,5)6)8-10-19(15)18;1-2-7-5-3-4-6-7;1-2-4-5-3-1;;;;/h7-10,12H,11H2,1-6H3;2,7H,3-6H2,1H3;1-3H,4H2;1H2;2*1H;/q3*-1;;;;. The van der Waals surface area contributed by atoms with Crippen molar-refractivity contribution >= 4 is 29.0 Å². The molecule has 0 amide bonds. The number of fused-ring (bicyclic) bond motifs is 3. The van der Waals surface area contributed by atoms with Crippen molar-refractivity contribution in [3.8, 4) is 11.1 Å². The molecule has 0 heterocycles. The van der Waals surface area contributed by atoms with E-state index in [0.29, 0.717) is 0 Å². The van der Waals surface area contributed by atoms with Gasteiger partial charge in [-0.15, -0.1) is 42.4 Å². The van der Waals surface area contributed by atoms with E-state index >= 15 is 0 Å². The van der Waals surface area contributed by atoms with Crippen LogP contribution in [0.25, 0.3) is 11.1 Å². The van der Waals surface area contributed by atoms with Gasteiger partial charge in [-0.05, 0) is 28.4 Å². The van der Waals surface area contributed by atoms with Crippen LogP contribution in [0.4, 0.5) is 0 Å². The Balaban J connectivity index is 0.000000668. The zero-order valence-electron chi connectivity index (χ0n) is 24.0.